The molecule has 0 radical (unpaired) electrons. The normalized spacial score (nSPS) is 10.9. The third kappa shape index (κ3) is 7.31. The summed E-state index contributed by atoms with van der Waals surface area (Å²) in [6.45, 7) is 2.90. The summed E-state index contributed by atoms with van der Waals surface area (Å²) < 4.78 is 11.1. The van der Waals surface area contributed by atoms with Crippen molar-refractivity contribution < 1.29 is 24.5 Å². The van der Waals surface area contributed by atoms with E-state index in [1.165, 1.54) is 0 Å². The molecule has 1 atom stereocenters. The first-order valence-electron chi connectivity index (χ1n) is 6.81. The number of hydrogen-bond acceptors (Lipinski definition) is 4. The van der Waals surface area contributed by atoms with Crippen LogP contribution in [0.2, 0.25) is 0 Å². The summed E-state index contributed by atoms with van der Waals surface area (Å²) >= 11 is 0. The van der Waals surface area contributed by atoms with Crippen molar-refractivity contribution in [3.8, 4) is 17.2 Å². The van der Waals surface area contributed by atoms with Gasteiger partial charge in [-0.25, -0.2) is 0 Å². The Morgan fingerprint density at radius 2 is 1.45 bits per heavy atom. The average Bonchev–Trinajstić information content (AvgIpc) is 2.49. The Bertz CT molecular complexity index is 547. The second-order valence-corrected chi connectivity index (χ2v) is 4.52. The van der Waals surface area contributed by atoms with Gasteiger partial charge < -0.3 is 19.7 Å². The highest BCUT2D eigenvalue weighted by Gasteiger charge is 2.02. The standard InChI is InChI=1S/C15H16O3.C2H4O2/c1-12(11-16)17-14-7-9-15(10-8-14)18-13-5-3-2-4-6-13;1-2(3)4/h2-10,12,16H,11H2,1H3;1H3,(H,3,4). The van der Waals surface area contributed by atoms with Crippen LogP contribution in [0, 0.1) is 0 Å². The molecule has 2 aromatic rings. The lowest BCUT2D eigenvalue weighted by Gasteiger charge is -2.12. The SMILES string of the molecule is CC(=O)O.CC(CO)Oc1ccc(Oc2ccccc2)cc1. The lowest BCUT2D eigenvalue weighted by molar-refractivity contribution is -0.134. The Morgan fingerprint density at radius 1 is 1.00 bits per heavy atom. The van der Waals surface area contributed by atoms with Crippen molar-refractivity contribution in [3.63, 3.8) is 0 Å². The first kappa shape index (κ1) is 17.5. The van der Waals surface area contributed by atoms with Crippen LogP contribution in [0.15, 0.2) is 54.6 Å². The molecule has 5 heteroatoms. The van der Waals surface area contributed by atoms with Crippen LogP contribution in [0.25, 0.3) is 0 Å². The summed E-state index contributed by atoms with van der Waals surface area (Å²) in [6.07, 6.45) is -0.203. The van der Waals surface area contributed by atoms with Crippen LogP contribution in [0.1, 0.15) is 13.8 Å². The molecule has 5 nitrogen and oxygen atoms in total. The molecule has 2 N–H and O–H groups in total. The molecule has 0 spiro atoms. The molecule has 1 unspecified atom stereocenters. The van der Waals surface area contributed by atoms with E-state index in [9.17, 15) is 0 Å². The van der Waals surface area contributed by atoms with Crippen molar-refractivity contribution in [2.75, 3.05) is 6.61 Å². The lowest BCUT2D eigenvalue weighted by atomic mass is 10.3. The summed E-state index contributed by atoms with van der Waals surface area (Å²) in [5.41, 5.74) is 0. The van der Waals surface area contributed by atoms with Gasteiger partial charge in [-0.3, -0.25) is 4.79 Å². The quantitative estimate of drug-likeness (QED) is 0.886. The van der Waals surface area contributed by atoms with E-state index in [-0.39, 0.29) is 12.7 Å². The third-order valence-electron chi connectivity index (χ3n) is 2.40. The topological polar surface area (TPSA) is 76.0 Å². The molecule has 118 valence electrons. The highest BCUT2D eigenvalue weighted by molar-refractivity contribution is 5.62. The van der Waals surface area contributed by atoms with Crippen LogP contribution in [0.3, 0.4) is 0 Å². The Balaban J connectivity index is 0.000000541. The van der Waals surface area contributed by atoms with Crippen LogP contribution in [0.5, 0.6) is 17.2 Å². The van der Waals surface area contributed by atoms with Crippen molar-refractivity contribution in [3.05, 3.63) is 54.6 Å². The van der Waals surface area contributed by atoms with Gasteiger partial charge in [-0.2, -0.15) is 0 Å². The number of rotatable bonds is 5. The van der Waals surface area contributed by atoms with E-state index in [0.717, 1.165) is 24.2 Å². The fraction of sp³-hybridized carbons (Fsp3) is 0.235. The highest BCUT2D eigenvalue weighted by atomic mass is 16.5. The van der Waals surface area contributed by atoms with E-state index in [1.807, 2.05) is 61.5 Å². The van der Waals surface area contributed by atoms with Crippen LogP contribution in [0.4, 0.5) is 0 Å². The van der Waals surface area contributed by atoms with Crippen molar-refractivity contribution >= 4 is 5.97 Å². The number of aliphatic carboxylic acids is 1. The van der Waals surface area contributed by atoms with Gasteiger partial charge in [0.25, 0.3) is 5.97 Å². The maximum absolute atomic E-state index is 9.00. The van der Waals surface area contributed by atoms with Gasteiger partial charge in [-0.1, -0.05) is 18.2 Å². The number of benzene rings is 2. The van der Waals surface area contributed by atoms with Crippen molar-refractivity contribution in [2.24, 2.45) is 0 Å². The fourth-order valence-corrected chi connectivity index (χ4v) is 1.48. The van der Waals surface area contributed by atoms with Crippen LogP contribution in [-0.2, 0) is 4.79 Å². The molecule has 0 aliphatic carbocycles. The van der Waals surface area contributed by atoms with E-state index in [0.29, 0.717) is 0 Å². The average molecular weight is 304 g/mol. The summed E-state index contributed by atoms with van der Waals surface area (Å²) in [4.78, 5) is 9.00. The van der Waals surface area contributed by atoms with Gasteiger partial charge in [-0.05, 0) is 43.3 Å². The number of ether oxygens (including phenoxy) is 2. The van der Waals surface area contributed by atoms with Crippen LogP contribution < -0.4 is 9.47 Å². The van der Waals surface area contributed by atoms with Gasteiger partial charge >= 0.3 is 0 Å². The number of carboxylic acids is 1. The Hall–Kier alpha value is -2.53. The van der Waals surface area contributed by atoms with Gasteiger partial charge in [0.2, 0.25) is 0 Å². The molecule has 0 aliphatic rings. The van der Waals surface area contributed by atoms with Gasteiger partial charge in [0.05, 0.1) is 6.61 Å². The Kier molecular flexibility index (Phi) is 7.50. The smallest absolute Gasteiger partial charge is 0.300 e. The first-order chi connectivity index (χ1) is 10.5. The third-order valence-corrected chi connectivity index (χ3v) is 2.40. The van der Waals surface area contributed by atoms with E-state index in [4.69, 9.17) is 24.5 Å². The zero-order valence-electron chi connectivity index (χ0n) is 12.6. The van der Waals surface area contributed by atoms with Gasteiger partial charge in [0.1, 0.15) is 23.4 Å². The predicted molar refractivity (Wildman–Crippen MR) is 83.4 cm³/mol. The second-order valence-electron chi connectivity index (χ2n) is 4.52. The maximum atomic E-state index is 9.00. The van der Waals surface area contributed by atoms with Crippen LogP contribution in [-0.4, -0.2) is 28.9 Å². The molecule has 22 heavy (non-hydrogen) atoms. The largest absolute Gasteiger partial charge is 0.488 e. The molecular weight excluding hydrogens is 284 g/mol. The minimum atomic E-state index is -0.833. The van der Waals surface area contributed by atoms with Gasteiger partial charge in [0.15, 0.2) is 0 Å². The Morgan fingerprint density at radius 3 is 1.95 bits per heavy atom. The van der Waals surface area contributed by atoms with Crippen molar-refractivity contribution in [2.45, 2.75) is 20.0 Å². The van der Waals surface area contributed by atoms with Crippen LogP contribution >= 0.6 is 0 Å². The minimum absolute atomic E-state index is 0.00225. The number of aliphatic hydroxyl groups excluding tert-OH is 1. The number of para-hydroxylation sites is 1. The molecule has 0 fully saturated rings. The summed E-state index contributed by atoms with van der Waals surface area (Å²) in [6, 6.07) is 16.9. The number of hydrogen-bond donors (Lipinski definition) is 2. The maximum Gasteiger partial charge on any atom is 0.300 e. The van der Waals surface area contributed by atoms with Crippen molar-refractivity contribution in [1.29, 1.82) is 0 Å². The van der Waals surface area contributed by atoms with E-state index < -0.39 is 5.97 Å². The monoisotopic (exact) mass is 304 g/mol. The van der Waals surface area contributed by atoms with Gasteiger partial charge in [-0.15, -0.1) is 0 Å². The zero-order valence-corrected chi connectivity index (χ0v) is 12.6. The zero-order chi connectivity index (χ0) is 16.4. The summed E-state index contributed by atoms with van der Waals surface area (Å²) in [7, 11) is 0. The lowest BCUT2D eigenvalue weighted by Crippen LogP contribution is -2.15. The summed E-state index contributed by atoms with van der Waals surface area (Å²) in [5, 5.41) is 16.3. The second kappa shape index (κ2) is 9.41. The molecule has 0 aliphatic heterocycles. The summed E-state index contributed by atoms with van der Waals surface area (Å²) in [5.74, 6) is 1.44. The highest BCUT2D eigenvalue weighted by Crippen LogP contribution is 2.23. The molecule has 2 aromatic carbocycles. The van der Waals surface area contributed by atoms with Crippen molar-refractivity contribution in [1.82, 2.24) is 0 Å². The molecule has 0 heterocycles. The number of carbonyl (C=O) groups is 1. The molecule has 0 bridgehead atoms. The first-order valence-corrected chi connectivity index (χ1v) is 6.81. The van der Waals surface area contributed by atoms with E-state index in [1.54, 1.807) is 0 Å². The molecule has 2 rings (SSSR count). The fourth-order valence-electron chi connectivity index (χ4n) is 1.48. The molecule has 0 saturated heterocycles. The van der Waals surface area contributed by atoms with E-state index >= 15 is 0 Å². The minimum Gasteiger partial charge on any atom is -0.488 e. The number of aliphatic hydroxyl groups is 1. The molecule has 0 saturated carbocycles. The molecule has 0 aromatic heterocycles. The Labute approximate surface area is 129 Å². The predicted octanol–water partition coefficient (Wildman–Crippen LogP) is 3.33. The van der Waals surface area contributed by atoms with E-state index in [2.05, 4.69) is 0 Å². The molecular formula is C17H20O5. The van der Waals surface area contributed by atoms with Gasteiger partial charge in [0, 0.05) is 6.92 Å². The molecule has 0 amide bonds. The number of carboxylic acid groups (broad SMARTS) is 1.